The first-order chi connectivity index (χ1) is 15.8. The van der Waals surface area contributed by atoms with Gasteiger partial charge < -0.3 is 9.63 Å². The molecule has 9 heteroatoms. The Hall–Kier alpha value is -3.80. The summed E-state index contributed by atoms with van der Waals surface area (Å²) in [6, 6.07) is 10.4. The minimum atomic E-state index is -4.63. The average molecular weight is 455 g/mol. The monoisotopic (exact) mass is 455 g/mol. The zero-order chi connectivity index (χ0) is 23.6. The van der Waals surface area contributed by atoms with Crippen LogP contribution in [0, 0.1) is 11.8 Å². The van der Waals surface area contributed by atoms with E-state index >= 15 is 0 Å². The van der Waals surface area contributed by atoms with E-state index in [9.17, 15) is 23.1 Å². The summed E-state index contributed by atoms with van der Waals surface area (Å²) in [5.41, 5.74) is 0.769. The van der Waals surface area contributed by atoms with E-state index in [1.165, 1.54) is 17.0 Å². The highest BCUT2D eigenvalue weighted by molar-refractivity contribution is 5.66. The first kappa shape index (κ1) is 22.4. The molecule has 1 aromatic heterocycles. The fourth-order valence-corrected chi connectivity index (χ4v) is 3.73. The van der Waals surface area contributed by atoms with Crippen LogP contribution in [0.5, 0.6) is 0 Å². The van der Waals surface area contributed by atoms with Crippen LogP contribution in [0.2, 0.25) is 0 Å². The lowest BCUT2D eigenvalue weighted by Gasteiger charge is -2.17. The maximum absolute atomic E-state index is 13.8. The van der Waals surface area contributed by atoms with Gasteiger partial charge in [0.1, 0.15) is 6.04 Å². The molecule has 0 saturated carbocycles. The van der Waals surface area contributed by atoms with E-state index < -0.39 is 23.9 Å². The molecule has 0 aliphatic carbocycles. The number of aromatic nitrogens is 2. The lowest BCUT2D eigenvalue weighted by atomic mass is 10.0. The standard InChI is InChI=1S/C24H20F3N3O3/c1-2-15-5-7-16(8-6-15)9-10-17-11-12-18(14-19(17)24(25,26)27)21-28-22(33-29-21)20-4-3-13-30(20)23(31)32/h5-8,11-12,14,20H,2-4,13H2,1H3,(H,31,32)/t20-/m0/s1. The molecule has 3 aromatic rings. The molecule has 0 radical (unpaired) electrons. The van der Waals surface area contributed by atoms with Gasteiger partial charge in [-0.05, 0) is 55.2 Å². The first-order valence-corrected chi connectivity index (χ1v) is 10.4. The third-order valence-electron chi connectivity index (χ3n) is 5.51. The second-order valence-corrected chi connectivity index (χ2v) is 7.65. The van der Waals surface area contributed by atoms with Crippen LogP contribution in [0.25, 0.3) is 11.4 Å². The molecule has 1 atom stereocenters. The van der Waals surface area contributed by atoms with Gasteiger partial charge in [-0.3, -0.25) is 4.90 Å². The van der Waals surface area contributed by atoms with Crippen molar-refractivity contribution in [3.05, 3.63) is 70.6 Å². The summed E-state index contributed by atoms with van der Waals surface area (Å²) >= 11 is 0. The van der Waals surface area contributed by atoms with Crippen molar-refractivity contribution in [1.29, 1.82) is 0 Å². The molecule has 1 aliphatic heterocycles. The van der Waals surface area contributed by atoms with Crippen molar-refractivity contribution < 1.29 is 27.6 Å². The molecule has 1 fully saturated rings. The molecule has 1 N–H and O–H groups in total. The van der Waals surface area contributed by atoms with Crippen LogP contribution in [-0.4, -0.2) is 32.8 Å². The number of halogens is 3. The number of aryl methyl sites for hydroxylation is 1. The Morgan fingerprint density at radius 1 is 1.21 bits per heavy atom. The predicted octanol–water partition coefficient (Wildman–Crippen LogP) is 5.53. The van der Waals surface area contributed by atoms with Crippen LogP contribution < -0.4 is 0 Å². The summed E-state index contributed by atoms with van der Waals surface area (Å²) in [7, 11) is 0. The number of benzene rings is 2. The topological polar surface area (TPSA) is 79.5 Å². The molecule has 4 rings (SSSR count). The minimum absolute atomic E-state index is 0.0394. The summed E-state index contributed by atoms with van der Waals surface area (Å²) in [4.78, 5) is 16.7. The van der Waals surface area contributed by atoms with Gasteiger partial charge in [0.05, 0.1) is 5.56 Å². The van der Waals surface area contributed by atoms with E-state index in [0.717, 1.165) is 18.1 Å². The van der Waals surface area contributed by atoms with Gasteiger partial charge in [-0.15, -0.1) is 0 Å². The quantitative estimate of drug-likeness (QED) is 0.525. The van der Waals surface area contributed by atoms with Crippen molar-refractivity contribution in [3.8, 4) is 23.2 Å². The van der Waals surface area contributed by atoms with Crippen LogP contribution in [-0.2, 0) is 12.6 Å². The van der Waals surface area contributed by atoms with Gasteiger partial charge in [-0.25, -0.2) is 4.79 Å². The Labute approximate surface area is 188 Å². The number of alkyl halides is 3. The van der Waals surface area contributed by atoms with E-state index in [1.807, 2.05) is 19.1 Å². The summed E-state index contributed by atoms with van der Waals surface area (Å²) < 4.78 is 46.5. The fourth-order valence-electron chi connectivity index (χ4n) is 3.73. The first-order valence-electron chi connectivity index (χ1n) is 10.4. The molecule has 1 aliphatic rings. The lowest BCUT2D eigenvalue weighted by molar-refractivity contribution is -0.137. The van der Waals surface area contributed by atoms with Gasteiger partial charge in [0.15, 0.2) is 0 Å². The second kappa shape index (κ2) is 8.98. The third-order valence-corrected chi connectivity index (χ3v) is 5.51. The van der Waals surface area contributed by atoms with Crippen molar-refractivity contribution in [2.45, 2.75) is 38.4 Å². The average Bonchev–Trinajstić information content (AvgIpc) is 3.47. The zero-order valence-corrected chi connectivity index (χ0v) is 17.7. The molecule has 2 aromatic carbocycles. The molecule has 0 unspecified atom stereocenters. The number of likely N-dealkylation sites (tertiary alicyclic amines) is 1. The van der Waals surface area contributed by atoms with Crippen molar-refractivity contribution in [2.75, 3.05) is 6.54 Å². The number of rotatable bonds is 3. The summed E-state index contributed by atoms with van der Waals surface area (Å²) in [5.74, 6) is 5.42. The number of carbonyl (C=O) groups is 1. The molecular formula is C24H20F3N3O3. The van der Waals surface area contributed by atoms with Gasteiger partial charge >= 0.3 is 12.3 Å². The van der Waals surface area contributed by atoms with Crippen LogP contribution in [0.3, 0.4) is 0 Å². The molecule has 0 bridgehead atoms. The Morgan fingerprint density at radius 3 is 2.64 bits per heavy atom. The van der Waals surface area contributed by atoms with E-state index in [2.05, 4.69) is 22.0 Å². The molecule has 6 nitrogen and oxygen atoms in total. The highest BCUT2D eigenvalue weighted by Gasteiger charge is 2.35. The number of amides is 1. The van der Waals surface area contributed by atoms with Gasteiger partial charge in [0.25, 0.3) is 0 Å². The molecule has 2 heterocycles. The number of hydrogen-bond donors (Lipinski definition) is 1. The van der Waals surface area contributed by atoms with E-state index in [-0.39, 0.29) is 22.8 Å². The number of nitrogens with zero attached hydrogens (tertiary/aromatic N) is 3. The Bertz CT molecular complexity index is 1220. The third kappa shape index (κ3) is 4.85. The predicted molar refractivity (Wildman–Crippen MR) is 113 cm³/mol. The Kier molecular flexibility index (Phi) is 6.09. The summed E-state index contributed by atoms with van der Waals surface area (Å²) in [5, 5.41) is 13.1. The zero-order valence-electron chi connectivity index (χ0n) is 17.7. The van der Waals surface area contributed by atoms with Crippen LogP contribution in [0.4, 0.5) is 18.0 Å². The second-order valence-electron chi connectivity index (χ2n) is 7.65. The Morgan fingerprint density at radius 2 is 1.97 bits per heavy atom. The van der Waals surface area contributed by atoms with Crippen molar-refractivity contribution in [2.24, 2.45) is 0 Å². The van der Waals surface area contributed by atoms with Crippen molar-refractivity contribution in [3.63, 3.8) is 0 Å². The smallest absolute Gasteiger partial charge is 0.417 e. The minimum Gasteiger partial charge on any atom is -0.465 e. The molecule has 33 heavy (non-hydrogen) atoms. The van der Waals surface area contributed by atoms with Gasteiger partial charge in [0, 0.05) is 23.2 Å². The Balaban J connectivity index is 1.65. The van der Waals surface area contributed by atoms with Gasteiger partial charge in [-0.1, -0.05) is 36.1 Å². The van der Waals surface area contributed by atoms with Gasteiger partial charge in [-0.2, -0.15) is 18.2 Å². The normalized spacial score (nSPS) is 15.9. The highest BCUT2D eigenvalue weighted by atomic mass is 19.4. The maximum Gasteiger partial charge on any atom is 0.417 e. The highest BCUT2D eigenvalue weighted by Crippen LogP contribution is 2.36. The summed E-state index contributed by atoms with van der Waals surface area (Å²) in [6.45, 7) is 2.35. The maximum atomic E-state index is 13.8. The van der Waals surface area contributed by atoms with Crippen LogP contribution in [0.1, 0.15) is 54.0 Å². The molecular weight excluding hydrogens is 435 g/mol. The molecule has 1 saturated heterocycles. The fraction of sp³-hybridized carbons (Fsp3) is 0.292. The van der Waals surface area contributed by atoms with E-state index in [0.29, 0.717) is 24.9 Å². The van der Waals surface area contributed by atoms with E-state index in [1.54, 1.807) is 12.1 Å². The number of carboxylic acid groups (broad SMARTS) is 1. The largest absolute Gasteiger partial charge is 0.465 e. The van der Waals surface area contributed by atoms with Gasteiger partial charge in [0.2, 0.25) is 11.7 Å². The summed E-state index contributed by atoms with van der Waals surface area (Å²) in [6.07, 6.45) is -3.73. The SMILES string of the molecule is CCc1ccc(C#Cc2ccc(-c3noc([C@@H]4CCCN4C(=O)O)n3)cc2C(F)(F)F)cc1. The lowest BCUT2D eigenvalue weighted by Crippen LogP contribution is -2.28. The molecule has 1 amide bonds. The van der Waals surface area contributed by atoms with Crippen LogP contribution >= 0.6 is 0 Å². The molecule has 170 valence electrons. The molecule has 0 spiro atoms. The van der Waals surface area contributed by atoms with Crippen LogP contribution in [0.15, 0.2) is 47.0 Å². The van der Waals surface area contributed by atoms with Crippen molar-refractivity contribution >= 4 is 6.09 Å². The van der Waals surface area contributed by atoms with E-state index in [4.69, 9.17) is 4.52 Å². The van der Waals surface area contributed by atoms with Crippen molar-refractivity contribution in [1.82, 2.24) is 15.0 Å². The number of hydrogen-bond acceptors (Lipinski definition) is 4.